The lowest BCUT2D eigenvalue weighted by Gasteiger charge is -2.12. The lowest BCUT2D eigenvalue weighted by molar-refractivity contribution is 0.361. The zero-order valence-electron chi connectivity index (χ0n) is 12.0. The van der Waals surface area contributed by atoms with Crippen LogP contribution in [0.5, 0.6) is 0 Å². The minimum atomic E-state index is 0.789. The van der Waals surface area contributed by atoms with Crippen LogP contribution in [-0.2, 0) is 0 Å². The first-order chi connectivity index (χ1) is 8.31. The first-order valence-corrected chi connectivity index (χ1v) is 7.43. The van der Waals surface area contributed by atoms with E-state index in [1.807, 2.05) is 0 Å². The maximum Gasteiger partial charge on any atom is 0.0596 e. The van der Waals surface area contributed by atoms with Gasteiger partial charge in [0.05, 0.1) is 6.54 Å². The highest BCUT2D eigenvalue weighted by Crippen LogP contribution is 2.10. The molecule has 0 aromatic rings. The summed E-state index contributed by atoms with van der Waals surface area (Å²) in [4.78, 5) is 2.23. The second kappa shape index (κ2) is 13.6. The molecule has 0 aliphatic rings. The van der Waals surface area contributed by atoms with Gasteiger partial charge in [-0.2, -0.15) is 0 Å². The molecule has 0 radical (unpaired) electrons. The normalized spacial score (nSPS) is 10.7. The van der Waals surface area contributed by atoms with Crippen LogP contribution in [0.3, 0.4) is 0 Å². The molecule has 0 spiro atoms. The minimum Gasteiger partial charge on any atom is -0.295 e. The second-order valence-corrected chi connectivity index (χ2v) is 5.12. The third kappa shape index (κ3) is 13.5. The number of rotatable bonds is 12. The molecule has 1 nitrogen and oxygen atoms in total. The van der Waals surface area contributed by atoms with E-state index in [4.69, 9.17) is 6.42 Å². The van der Waals surface area contributed by atoms with E-state index in [1.165, 1.54) is 64.2 Å². The molecular formula is C16H31N. The molecule has 0 heterocycles. The number of unbranched alkanes of at least 4 members (excludes halogenated alkanes) is 9. The molecule has 0 aromatic heterocycles. The van der Waals surface area contributed by atoms with Gasteiger partial charge in [0.15, 0.2) is 0 Å². The van der Waals surface area contributed by atoms with Crippen molar-refractivity contribution in [1.82, 2.24) is 4.90 Å². The SMILES string of the molecule is C#CCN(C)CCCCCCCCCCCC. The van der Waals surface area contributed by atoms with E-state index in [0.717, 1.165) is 13.1 Å². The van der Waals surface area contributed by atoms with Crippen molar-refractivity contribution >= 4 is 0 Å². The van der Waals surface area contributed by atoms with Gasteiger partial charge in [-0.3, -0.25) is 4.90 Å². The van der Waals surface area contributed by atoms with Crippen LogP contribution < -0.4 is 0 Å². The van der Waals surface area contributed by atoms with Gasteiger partial charge in [-0.15, -0.1) is 6.42 Å². The predicted molar refractivity (Wildman–Crippen MR) is 78.2 cm³/mol. The zero-order chi connectivity index (χ0) is 12.8. The molecule has 0 saturated heterocycles. The van der Waals surface area contributed by atoms with Gasteiger partial charge in [-0.1, -0.05) is 70.6 Å². The predicted octanol–water partition coefficient (Wildman–Crippen LogP) is 4.47. The highest BCUT2D eigenvalue weighted by atomic mass is 15.1. The lowest BCUT2D eigenvalue weighted by Crippen LogP contribution is -2.19. The third-order valence-electron chi connectivity index (χ3n) is 3.25. The van der Waals surface area contributed by atoms with Crippen molar-refractivity contribution in [2.75, 3.05) is 20.1 Å². The Balaban J connectivity index is 3.01. The summed E-state index contributed by atoms with van der Waals surface area (Å²) >= 11 is 0. The van der Waals surface area contributed by atoms with E-state index in [-0.39, 0.29) is 0 Å². The molecule has 100 valence electrons. The molecule has 1 heteroatoms. The summed E-state index contributed by atoms with van der Waals surface area (Å²) < 4.78 is 0. The van der Waals surface area contributed by atoms with Crippen LogP contribution in [-0.4, -0.2) is 25.0 Å². The van der Waals surface area contributed by atoms with Crippen molar-refractivity contribution in [2.45, 2.75) is 71.1 Å². The van der Waals surface area contributed by atoms with E-state index in [9.17, 15) is 0 Å². The van der Waals surface area contributed by atoms with Crippen LogP contribution >= 0.6 is 0 Å². The standard InChI is InChI=1S/C16H31N/c1-4-6-7-8-9-10-11-12-13-14-16-17(3)15-5-2/h2H,4,6-16H2,1,3H3. The fraction of sp³-hybridized carbons (Fsp3) is 0.875. The maximum absolute atomic E-state index is 5.26. The van der Waals surface area contributed by atoms with Gasteiger partial charge in [-0.05, 0) is 20.0 Å². The Morgan fingerprint density at radius 1 is 0.824 bits per heavy atom. The average Bonchev–Trinajstić information content (AvgIpc) is 2.32. The van der Waals surface area contributed by atoms with E-state index < -0.39 is 0 Å². The van der Waals surface area contributed by atoms with Gasteiger partial charge in [0.25, 0.3) is 0 Å². The van der Waals surface area contributed by atoms with Crippen LogP contribution in [0.25, 0.3) is 0 Å². The largest absolute Gasteiger partial charge is 0.295 e. The van der Waals surface area contributed by atoms with Gasteiger partial charge in [0.2, 0.25) is 0 Å². The summed E-state index contributed by atoms with van der Waals surface area (Å²) in [5, 5.41) is 0. The first-order valence-electron chi connectivity index (χ1n) is 7.43. The second-order valence-electron chi connectivity index (χ2n) is 5.12. The number of hydrogen-bond donors (Lipinski definition) is 0. The quantitative estimate of drug-likeness (QED) is 0.357. The minimum absolute atomic E-state index is 0.789. The molecule has 0 amide bonds. The Kier molecular flexibility index (Phi) is 13.2. The summed E-state index contributed by atoms with van der Waals surface area (Å²) in [6.07, 6.45) is 19.3. The molecule has 0 atom stereocenters. The van der Waals surface area contributed by atoms with Crippen molar-refractivity contribution in [3.05, 3.63) is 0 Å². The van der Waals surface area contributed by atoms with E-state index in [1.54, 1.807) is 0 Å². The highest BCUT2D eigenvalue weighted by molar-refractivity contribution is 4.86. The van der Waals surface area contributed by atoms with Crippen LogP contribution in [0, 0.1) is 12.3 Å². The van der Waals surface area contributed by atoms with E-state index in [0.29, 0.717) is 0 Å². The average molecular weight is 237 g/mol. The van der Waals surface area contributed by atoms with Gasteiger partial charge in [0.1, 0.15) is 0 Å². The number of hydrogen-bond acceptors (Lipinski definition) is 1. The van der Waals surface area contributed by atoms with Crippen molar-refractivity contribution in [2.24, 2.45) is 0 Å². The lowest BCUT2D eigenvalue weighted by atomic mass is 10.1. The fourth-order valence-electron chi connectivity index (χ4n) is 2.10. The van der Waals surface area contributed by atoms with Crippen molar-refractivity contribution in [3.63, 3.8) is 0 Å². The van der Waals surface area contributed by atoms with Gasteiger partial charge < -0.3 is 0 Å². The Morgan fingerprint density at radius 2 is 1.29 bits per heavy atom. The molecule has 0 unspecified atom stereocenters. The van der Waals surface area contributed by atoms with Crippen molar-refractivity contribution < 1.29 is 0 Å². The van der Waals surface area contributed by atoms with Crippen LogP contribution in [0.15, 0.2) is 0 Å². The Labute approximate surface area is 109 Å². The maximum atomic E-state index is 5.26. The summed E-state index contributed by atoms with van der Waals surface area (Å²) in [7, 11) is 2.10. The van der Waals surface area contributed by atoms with Gasteiger partial charge in [0, 0.05) is 0 Å². The topological polar surface area (TPSA) is 3.24 Å². The third-order valence-corrected chi connectivity index (χ3v) is 3.25. The first kappa shape index (κ1) is 16.5. The molecule has 0 rings (SSSR count). The Morgan fingerprint density at radius 3 is 1.76 bits per heavy atom. The monoisotopic (exact) mass is 237 g/mol. The van der Waals surface area contributed by atoms with Crippen LogP contribution in [0.4, 0.5) is 0 Å². The van der Waals surface area contributed by atoms with Crippen LogP contribution in [0.2, 0.25) is 0 Å². The summed E-state index contributed by atoms with van der Waals surface area (Å²) in [6, 6.07) is 0. The van der Waals surface area contributed by atoms with Crippen molar-refractivity contribution in [3.8, 4) is 12.3 Å². The molecule has 0 bridgehead atoms. The molecule has 17 heavy (non-hydrogen) atoms. The molecule has 0 aliphatic heterocycles. The number of terminal acetylenes is 1. The van der Waals surface area contributed by atoms with Gasteiger partial charge in [-0.25, -0.2) is 0 Å². The van der Waals surface area contributed by atoms with Crippen molar-refractivity contribution in [1.29, 1.82) is 0 Å². The molecule has 0 saturated carbocycles. The smallest absolute Gasteiger partial charge is 0.0596 e. The highest BCUT2D eigenvalue weighted by Gasteiger charge is 1.96. The summed E-state index contributed by atoms with van der Waals surface area (Å²) in [5.41, 5.74) is 0. The van der Waals surface area contributed by atoms with Gasteiger partial charge >= 0.3 is 0 Å². The molecule has 0 aliphatic carbocycles. The molecule has 0 fully saturated rings. The van der Waals surface area contributed by atoms with E-state index in [2.05, 4.69) is 24.8 Å². The fourth-order valence-corrected chi connectivity index (χ4v) is 2.10. The summed E-state index contributed by atoms with van der Waals surface area (Å²) in [5.74, 6) is 2.68. The zero-order valence-corrected chi connectivity index (χ0v) is 12.0. The summed E-state index contributed by atoms with van der Waals surface area (Å²) in [6.45, 7) is 4.22. The Bertz CT molecular complexity index is 180. The Hall–Kier alpha value is -0.480. The molecule has 0 N–H and O–H groups in total. The number of nitrogens with zero attached hydrogens (tertiary/aromatic N) is 1. The molecular weight excluding hydrogens is 206 g/mol. The van der Waals surface area contributed by atoms with E-state index >= 15 is 0 Å². The van der Waals surface area contributed by atoms with Crippen LogP contribution in [0.1, 0.15) is 71.1 Å². The molecule has 0 aromatic carbocycles.